The van der Waals surface area contributed by atoms with Gasteiger partial charge in [-0.2, -0.15) is 5.26 Å². The standard InChI is InChI=1S/C29H33N3O6S/c1-3-32(4-2)21-8-7-17-11-19(6-5-18(17)12-21)25-10-9-22(39-25)13-20(14-30)29(37)31-26-23(15-33)38-24(16-34)27(35)28(26)36/h5-13,23-24,26-28,33-36H,3-4,15-16H2,1-2H3,(H,31,37)/b20-13+/t23?,24?,26?,27-,28-/m1/s1. The lowest BCUT2D eigenvalue weighted by molar-refractivity contribution is -0.202. The molecule has 2 heterocycles. The lowest BCUT2D eigenvalue weighted by Gasteiger charge is -2.42. The molecule has 206 valence electrons. The first-order valence-corrected chi connectivity index (χ1v) is 13.7. The van der Waals surface area contributed by atoms with Gasteiger partial charge in [-0.25, -0.2) is 0 Å². The number of hydrogen-bond acceptors (Lipinski definition) is 9. The molecule has 1 saturated heterocycles. The van der Waals surface area contributed by atoms with E-state index < -0.39 is 49.6 Å². The maximum atomic E-state index is 12.9. The first-order chi connectivity index (χ1) is 18.8. The molecule has 1 fully saturated rings. The van der Waals surface area contributed by atoms with Crippen molar-refractivity contribution in [3.8, 4) is 16.5 Å². The molecule has 1 amide bonds. The molecule has 0 bridgehead atoms. The Morgan fingerprint density at radius 2 is 1.72 bits per heavy atom. The molecule has 3 aromatic rings. The number of aliphatic hydroxyl groups is 4. The summed E-state index contributed by atoms with van der Waals surface area (Å²) in [6.07, 6.45) is -3.67. The topological polar surface area (TPSA) is 146 Å². The van der Waals surface area contributed by atoms with Crippen LogP contribution in [0.25, 0.3) is 27.3 Å². The van der Waals surface area contributed by atoms with Crippen molar-refractivity contribution < 1.29 is 30.0 Å². The molecule has 0 aliphatic carbocycles. The molecule has 4 rings (SSSR count). The van der Waals surface area contributed by atoms with Gasteiger partial charge in [0.05, 0.1) is 19.3 Å². The number of hydrogen-bond donors (Lipinski definition) is 5. The van der Waals surface area contributed by atoms with Crippen molar-refractivity contribution in [3.05, 3.63) is 59.0 Å². The number of nitriles is 1. The van der Waals surface area contributed by atoms with Crippen molar-refractivity contribution in [1.82, 2.24) is 5.32 Å². The van der Waals surface area contributed by atoms with Crippen LogP contribution in [0.5, 0.6) is 0 Å². The number of carbonyl (C=O) groups is 1. The second-order valence-corrected chi connectivity index (χ2v) is 10.5. The zero-order chi connectivity index (χ0) is 28.1. The molecule has 1 aliphatic rings. The highest BCUT2D eigenvalue weighted by Gasteiger charge is 2.44. The molecule has 9 nitrogen and oxygen atoms in total. The van der Waals surface area contributed by atoms with Gasteiger partial charge in [0.1, 0.15) is 36.1 Å². The average Bonchev–Trinajstić information content (AvgIpc) is 3.43. The monoisotopic (exact) mass is 551 g/mol. The van der Waals surface area contributed by atoms with Gasteiger partial charge < -0.3 is 35.4 Å². The number of anilines is 1. The van der Waals surface area contributed by atoms with Crippen molar-refractivity contribution >= 4 is 39.8 Å². The number of nitrogens with one attached hydrogen (secondary N) is 1. The fourth-order valence-corrected chi connectivity index (χ4v) is 5.75. The van der Waals surface area contributed by atoms with Crippen LogP contribution in [0.3, 0.4) is 0 Å². The van der Waals surface area contributed by atoms with Gasteiger partial charge in [0.25, 0.3) is 5.91 Å². The van der Waals surface area contributed by atoms with E-state index in [-0.39, 0.29) is 5.57 Å². The SMILES string of the molecule is CCN(CC)c1ccc2cc(-c3ccc(/C=C(\C#N)C(=O)NC4C(CO)OC(CO)[C@@H](O)[C@@H]4O)s3)ccc2c1. The minimum absolute atomic E-state index is 0.200. The Labute approximate surface area is 231 Å². The van der Waals surface area contributed by atoms with Crippen molar-refractivity contribution in [2.24, 2.45) is 0 Å². The van der Waals surface area contributed by atoms with E-state index in [1.54, 1.807) is 0 Å². The number of fused-ring (bicyclic) bond motifs is 1. The summed E-state index contributed by atoms with van der Waals surface area (Å²) >= 11 is 1.43. The molecule has 10 heteroatoms. The minimum Gasteiger partial charge on any atom is -0.394 e. The third kappa shape index (κ3) is 6.15. The van der Waals surface area contributed by atoms with Crippen molar-refractivity contribution in [2.75, 3.05) is 31.2 Å². The molecule has 1 aromatic heterocycles. The van der Waals surface area contributed by atoms with Gasteiger partial charge in [-0.15, -0.1) is 11.3 Å². The van der Waals surface area contributed by atoms with Crippen molar-refractivity contribution in [3.63, 3.8) is 0 Å². The average molecular weight is 552 g/mol. The van der Waals surface area contributed by atoms with Gasteiger partial charge in [0.15, 0.2) is 0 Å². The molecular weight excluding hydrogens is 518 g/mol. The number of carbonyl (C=O) groups excluding carboxylic acids is 1. The number of ether oxygens (including phenoxy) is 1. The maximum absolute atomic E-state index is 12.9. The van der Waals surface area contributed by atoms with Gasteiger partial charge in [0.2, 0.25) is 0 Å². The second-order valence-electron chi connectivity index (χ2n) is 9.35. The van der Waals surface area contributed by atoms with Gasteiger partial charge >= 0.3 is 0 Å². The smallest absolute Gasteiger partial charge is 0.262 e. The van der Waals surface area contributed by atoms with Crippen LogP contribution in [-0.4, -0.2) is 83.1 Å². The number of aliphatic hydroxyl groups excluding tert-OH is 4. The van der Waals surface area contributed by atoms with E-state index in [1.807, 2.05) is 18.2 Å². The first kappa shape index (κ1) is 28.7. The van der Waals surface area contributed by atoms with E-state index >= 15 is 0 Å². The highest BCUT2D eigenvalue weighted by Crippen LogP contribution is 2.33. The highest BCUT2D eigenvalue weighted by atomic mass is 32.1. The third-order valence-corrected chi connectivity index (χ3v) is 8.10. The van der Waals surface area contributed by atoms with Crippen LogP contribution in [0.4, 0.5) is 5.69 Å². The Hall–Kier alpha value is -3.30. The molecule has 5 atom stereocenters. The van der Waals surface area contributed by atoms with Crippen molar-refractivity contribution in [2.45, 2.75) is 44.3 Å². The van der Waals surface area contributed by atoms with Gasteiger partial charge in [0, 0.05) is 28.5 Å². The number of nitrogens with zero attached hydrogens (tertiary/aromatic N) is 2. The Bertz CT molecular complexity index is 1380. The maximum Gasteiger partial charge on any atom is 0.262 e. The number of benzene rings is 2. The summed E-state index contributed by atoms with van der Waals surface area (Å²) in [6, 6.07) is 17.1. The van der Waals surface area contributed by atoms with Crippen LogP contribution in [-0.2, 0) is 9.53 Å². The number of rotatable bonds is 9. The van der Waals surface area contributed by atoms with E-state index in [0.29, 0.717) is 4.88 Å². The molecule has 2 aromatic carbocycles. The lowest BCUT2D eigenvalue weighted by atomic mass is 9.92. The summed E-state index contributed by atoms with van der Waals surface area (Å²) in [7, 11) is 0. The zero-order valence-electron chi connectivity index (χ0n) is 21.8. The van der Waals surface area contributed by atoms with Gasteiger partial charge in [-0.3, -0.25) is 4.79 Å². The molecule has 39 heavy (non-hydrogen) atoms. The summed E-state index contributed by atoms with van der Waals surface area (Å²) in [5.74, 6) is -0.775. The zero-order valence-corrected chi connectivity index (χ0v) is 22.6. The largest absolute Gasteiger partial charge is 0.394 e. The van der Waals surface area contributed by atoms with Crippen LogP contribution >= 0.6 is 11.3 Å². The van der Waals surface area contributed by atoms with Crippen molar-refractivity contribution in [1.29, 1.82) is 5.26 Å². The van der Waals surface area contributed by atoms with E-state index in [4.69, 9.17) is 4.74 Å². The van der Waals surface area contributed by atoms with Crippen LogP contribution in [0, 0.1) is 11.3 Å². The van der Waals surface area contributed by atoms with E-state index in [9.17, 15) is 30.5 Å². The molecule has 0 saturated carbocycles. The minimum atomic E-state index is -1.50. The molecule has 5 N–H and O–H groups in total. The second kappa shape index (κ2) is 12.7. The lowest BCUT2D eigenvalue weighted by Crippen LogP contribution is -2.65. The summed E-state index contributed by atoms with van der Waals surface area (Å²) in [5.41, 5.74) is 2.01. The van der Waals surface area contributed by atoms with E-state index in [0.717, 1.165) is 34.3 Å². The summed E-state index contributed by atoms with van der Waals surface area (Å²) in [4.78, 5) is 16.8. The number of amides is 1. The fraction of sp³-hybridized carbons (Fsp3) is 0.379. The first-order valence-electron chi connectivity index (χ1n) is 12.9. The predicted octanol–water partition coefficient (Wildman–Crippen LogP) is 2.28. The number of thiophene rings is 1. The van der Waals surface area contributed by atoms with Crippen LogP contribution in [0.1, 0.15) is 18.7 Å². The molecule has 0 spiro atoms. The van der Waals surface area contributed by atoms with Crippen LogP contribution < -0.4 is 10.2 Å². The summed E-state index contributed by atoms with van der Waals surface area (Å²) in [5, 5.41) is 53.9. The molecular formula is C29H33N3O6S. The highest BCUT2D eigenvalue weighted by molar-refractivity contribution is 7.16. The Morgan fingerprint density at radius 3 is 2.38 bits per heavy atom. The Balaban J connectivity index is 1.52. The predicted molar refractivity (Wildman–Crippen MR) is 151 cm³/mol. The van der Waals surface area contributed by atoms with Gasteiger partial charge in [-0.1, -0.05) is 18.2 Å². The Morgan fingerprint density at radius 1 is 1.03 bits per heavy atom. The normalized spacial score (nSPS) is 23.4. The fourth-order valence-electron chi connectivity index (χ4n) is 4.81. The molecule has 3 unspecified atom stereocenters. The molecule has 0 radical (unpaired) electrons. The van der Waals surface area contributed by atoms with E-state index in [1.165, 1.54) is 23.1 Å². The van der Waals surface area contributed by atoms with Crippen LogP contribution in [0.2, 0.25) is 0 Å². The summed E-state index contributed by atoms with van der Waals surface area (Å²) < 4.78 is 5.40. The Kier molecular flexibility index (Phi) is 9.35. The molecule has 1 aliphatic heterocycles. The van der Waals surface area contributed by atoms with Crippen LogP contribution in [0.15, 0.2) is 54.1 Å². The van der Waals surface area contributed by atoms with E-state index in [2.05, 4.69) is 60.5 Å². The quantitative estimate of drug-likeness (QED) is 0.201. The van der Waals surface area contributed by atoms with Gasteiger partial charge in [-0.05, 0) is 66.6 Å². The summed E-state index contributed by atoms with van der Waals surface area (Å²) in [6.45, 7) is 5.03. The third-order valence-electron chi connectivity index (χ3n) is 7.02.